The van der Waals surface area contributed by atoms with E-state index in [2.05, 4.69) is 4.99 Å². The number of benzene rings is 4. The van der Waals surface area contributed by atoms with Gasteiger partial charge in [-0.05, 0) is 64.4 Å². The molecule has 0 atom stereocenters. The molecule has 178 valence electrons. The highest BCUT2D eigenvalue weighted by molar-refractivity contribution is 6.13. The van der Waals surface area contributed by atoms with E-state index < -0.39 is 10.9 Å². The number of hydrogen-bond donors (Lipinski definition) is 0. The number of esters is 1. The Labute approximate surface area is 206 Å². The Morgan fingerprint density at radius 3 is 2.47 bits per heavy atom. The first-order chi connectivity index (χ1) is 17.5. The summed E-state index contributed by atoms with van der Waals surface area (Å²) in [6.07, 6.45) is 1.62. The predicted molar refractivity (Wildman–Crippen MR) is 135 cm³/mol. The molecule has 0 saturated heterocycles. The van der Waals surface area contributed by atoms with Crippen molar-refractivity contribution in [1.29, 1.82) is 0 Å². The standard InChI is InChI=1S/C28H20N2O6/c1-34-25-13-8-19(15-26(25)35-17-18-6-11-23(12-7-18)30(32)33)14-24-28(31)36-27(29-24)22-10-9-20-4-2-3-5-21(20)16-22/h2-16H,17H2,1H3/b24-14-. The van der Waals surface area contributed by atoms with Crippen molar-refractivity contribution < 1.29 is 23.9 Å². The van der Waals surface area contributed by atoms with Crippen molar-refractivity contribution in [3.63, 3.8) is 0 Å². The number of ether oxygens (including phenoxy) is 3. The summed E-state index contributed by atoms with van der Waals surface area (Å²) in [6, 6.07) is 25.0. The van der Waals surface area contributed by atoms with Gasteiger partial charge in [0, 0.05) is 17.7 Å². The van der Waals surface area contributed by atoms with Crippen LogP contribution in [0.4, 0.5) is 5.69 Å². The van der Waals surface area contributed by atoms with Crippen LogP contribution < -0.4 is 9.47 Å². The largest absolute Gasteiger partial charge is 0.493 e. The third kappa shape index (κ3) is 4.78. The van der Waals surface area contributed by atoms with Crippen LogP contribution in [0.25, 0.3) is 16.8 Å². The van der Waals surface area contributed by atoms with Gasteiger partial charge in [0.05, 0.1) is 12.0 Å². The lowest BCUT2D eigenvalue weighted by molar-refractivity contribution is -0.384. The summed E-state index contributed by atoms with van der Waals surface area (Å²) in [5, 5.41) is 12.9. The minimum Gasteiger partial charge on any atom is -0.493 e. The van der Waals surface area contributed by atoms with E-state index in [0.29, 0.717) is 22.6 Å². The fourth-order valence-corrected chi connectivity index (χ4v) is 3.78. The van der Waals surface area contributed by atoms with Crippen molar-refractivity contribution in [3.05, 3.63) is 117 Å². The van der Waals surface area contributed by atoms with Crippen molar-refractivity contribution in [1.82, 2.24) is 0 Å². The molecule has 0 amide bonds. The van der Waals surface area contributed by atoms with Gasteiger partial charge in [-0.3, -0.25) is 10.1 Å². The van der Waals surface area contributed by atoms with E-state index in [4.69, 9.17) is 14.2 Å². The molecule has 36 heavy (non-hydrogen) atoms. The number of non-ortho nitro benzene ring substituents is 1. The molecule has 1 heterocycles. The molecule has 0 N–H and O–H groups in total. The second-order valence-corrected chi connectivity index (χ2v) is 8.02. The molecule has 5 rings (SSSR count). The quantitative estimate of drug-likeness (QED) is 0.146. The number of aliphatic imine (C=N–C) groups is 1. The van der Waals surface area contributed by atoms with Crippen molar-refractivity contribution >= 4 is 34.4 Å². The number of carbonyl (C=O) groups is 1. The lowest BCUT2D eigenvalue weighted by Gasteiger charge is -2.11. The van der Waals surface area contributed by atoms with Gasteiger partial charge in [-0.15, -0.1) is 0 Å². The Bertz CT molecular complexity index is 1540. The highest BCUT2D eigenvalue weighted by Crippen LogP contribution is 2.31. The van der Waals surface area contributed by atoms with Gasteiger partial charge in [-0.25, -0.2) is 9.79 Å². The van der Waals surface area contributed by atoms with E-state index in [9.17, 15) is 14.9 Å². The molecular formula is C28H20N2O6. The van der Waals surface area contributed by atoms with E-state index in [0.717, 1.165) is 16.3 Å². The van der Waals surface area contributed by atoms with E-state index in [-0.39, 0.29) is 23.9 Å². The van der Waals surface area contributed by atoms with Gasteiger partial charge in [0.2, 0.25) is 5.90 Å². The fraction of sp³-hybridized carbons (Fsp3) is 0.0714. The van der Waals surface area contributed by atoms with Gasteiger partial charge in [-0.2, -0.15) is 0 Å². The molecule has 0 saturated carbocycles. The maximum Gasteiger partial charge on any atom is 0.363 e. The molecule has 0 fully saturated rings. The Morgan fingerprint density at radius 1 is 0.944 bits per heavy atom. The number of fused-ring (bicyclic) bond motifs is 1. The van der Waals surface area contributed by atoms with Crippen molar-refractivity contribution in [2.24, 2.45) is 4.99 Å². The van der Waals surface area contributed by atoms with E-state index in [1.54, 1.807) is 36.4 Å². The van der Waals surface area contributed by atoms with E-state index in [1.165, 1.54) is 19.2 Å². The van der Waals surface area contributed by atoms with Crippen LogP contribution in [0.1, 0.15) is 16.7 Å². The second kappa shape index (κ2) is 9.71. The van der Waals surface area contributed by atoms with Gasteiger partial charge in [0.1, 0.15) is 6.61 Å². The van der Waals surface area contributed by atoms with Crippen LogP contribution >= 0.6 is 0 Å². The highest BCUT2D eigenvalue weighted by Gasteiger charge is 2.24. The number of nitro groups is 1. The topological polar surface area (TPSA) is 100 Å². The predicted octanol–water partition coefficient (Wildman–Crippen LogP) is 5.68. The van der Waals surface area contributed by atoms with E-state index in [1.807, 2.05) is 42.5 Å². The summed E-state index contributed by atoms with van der Waals surface area (Å²) in [4.78, 5) is 27.3. The Kier molecular flexibility index (Phi) is 6.15. The van der Waals surface area contributed by atoms with E-state index >= 15 is 0 Å². The highest BCUT2D eigenvalue weighted by atomic mass is 16.6. The van der Waals surface area contributed by atoms with Gasteiger partial charge in [0.25, 0.3) is 5.69 Å². The Morgan fingerprint density at radius 2 is 1.72 bits per heavy atom. The number of hydrogen-bond acceptors (Lipinski definition) is 7. The second-order valence-electron chi connectivity index (χ2n) is 8.02. The van der Waals surface area contributed by atoms with Crippen molar-refractivity contribution in [2.75, 3.05) is 7.11 Å². The smallest absolute Gasteiger partial charge is 0.363 e. The minimum atomic E-state index is -0.540. The molecule has 0 bridgehead atoms. The third-order valence-electron chi connectivity index (χ3n) is 5.65. The number of nitro benzene ring substituents is 1. The number of nitrogens with zero attached hydrogens (tertiary/aromatic N) is 2. The summed E-state index contributed by atoms with van der Waals surface area (Å²) < 4.78 is 16.7. The van der Waals surface area contributed by atoms with Crippen LogP contribution in [0.15, 0.2) is 95.6 Å². The van der Waals surface area contributed by atoms with Crippen LogP contribution in [0, 0.1) is 10.1 Å². The zero-order valence-corrected chi connectivity index (χ0v) is 19.2. The number of carbonyl (C=O) groups excluding carboxylic acids is 1. The molecular weight excluding hydrogens is 460 g/mol. The molecule has 4 aromatic rings. The lowest BCUT2D eigenvalue weighted by Crippen LogP contribution is -2.05. The molecule has 1 aliphatic rings. The summed E-state index contributed by atoms with van der Waals surface area (Å²) in [5.41, 5.74) is 2.33. The lowest BCUT2D eigenvalue weighted by atomic mass is 10.1. The molecule has 0 unspecified atom stereocenters. The minimum absolute atomic E-state index is 0.0111. The van der Waals surface area contributed by atoms with Crippen molar-refractivity contribution in [2.45, 2.75) is 6.61 Å². The molecule has 4 aromatic carbocycles. The fourth-order valence-electron chi connectivity index (χ4n) is 3.78. The van der Waals surface area contributed by atoms with Crippen LogP contribution in [-0.2, 0) is 16.1 Å². The van der Waals surface area contributed by atoms with Crippen LogP contribution in [-0.4, -0.2) is 23.9 Å². The molecule has 1 aliphatic heterocycles. The van der Waals surface area contributed by atoms with Gasteiger partial charge >= 0.3 is 5.97 Å². The SMILES string of the molecule is COc1ccc(/C=C2\N=C(c3ccc4ccccc4c3)OC2=O)cc1OCc1ccc([N+](=O)[O-])cc1. The first-order valence-electron chi connectivity index (χ1n) is 11.1. The summed E-state index contributed by atoms with van der Waals surface area (Å²) in [6.45, 7) is 0.181. The van der Waals surface area contributed by atoms with Gasteiger partial charge in [-0.1, -0.05) is 36.4 Å². The third-order valence-corrected chi connectivity index (χ3v) is 5.65. The van der Waals surface area contributed by atoms with Gasteiger partial charge in [0.15, 0.2) is 17.2 Å². The zero-order chi connectivity index (χ0) is 25.1. The summed E-state index contributed by atoms with van der Waals surface area (Å²) >= 11 is 0. The summed E-state index contributed by atoms with van der Waals surface area (Å²) in [5.74, 6) is 0.672. The monoisotopic (exact) mass is 480 g/mol. The number of cyclic esters (lactones) is 1. The molecule has 0 radical (unpaired) electrons. The molecule has 8 nitrogen and oxygen atoms in total. The Hall–Kier alpha value is -4.98. The molecule has 8 heteroatoms. The van der Waals surface area contributed by atoms with Crippen LogP contribution in [0.3, 0.4) is 0 Å². The normalized spacial score (nSPS) is 14.0. The molecule has 0 aliphatic carbocycles. The maximum absolute atomic E-state index is 12.5. The Balaban J connectivity index is 1.37. The molecule has 0 spiro atoms. The maximum atomic E-state index is 12.5. The van der Waals surface area contributed by atoms with Crippen molar-refractivity contribution in [3.8, 4) is 11.5 Å². The van der Waals surface area contributed by atoms with Crippen LogP contribution in [0.2, 0.25) is 0 Å². The zero-order valence-electron chi connectivity index (χ0n) is 19.2. The first-order valence-corrected chi connectivity index (χ1v) is 11.1. The summed E-state index contributed by atoms with van der Waals surface area (Å²) in [7, 11) is 1.53. The number of rotatable bonds is 7. The van der Waals surface area contributed by atoms with Gasteiger partial charge < -0.3 is 14.2 Å². The first kappa shape index (κ1) is 22.8. The number of methoxy groups -OCH3 is 1. The average molecular weight is 480 g/mol. The molecule has 0 aromatic heterocycles. The van der Waals surface area contributed by atoms with Crippen LogP contribution in [0.5, 0.6) is 11.5 Å². The average Bonchev–Trinajstić information content (AvgIpc) is 3.27.